The van der Waals surface area contributed by atoms with Crippen molar-refractivity contribution in [3.8, 4) is 11.5 Å². The molecule has 1 amide bonds. The number of benzene rings is 1. The number of ether oxygens (including phenoxy) is 2. The van der Waals surface area contributed by atoms with Gasteiger partial charge in [0.05, 0.1) is 7.11 Å². The number of methoxy groups -OCH3 is 1. The first-order chi connectivity index (χ1) is 14.3. The third-order valence-electron chi connectivity index (χ3n) is 5.80. The van der Waals surface area contributed by atoms with Crippen LogP contribution in [0.25, 0.3) is 0 Å². The fourth-order valence-corrected chi connectivity index (χ4v) is 3.84. The van der Waals surface area contributed by atoms with Crippen molar-refractivity contribution >= 4 is 11.9 Å². The summed E-state index contributed by atoms with van der Waals surface area (Å²) in [5.74, 6) is -1.92. The van der Waals surface area contributed by atoms with Crippen molar-refractivity contribution in [1.82, 2.24) is 10.3 Å². The number of amides is 1. The second kappa shape index (κ2) is 8.69. The first-order valence-electron chi connectivity index (χ1n) is 9.81. The van der Waals surface area contributed by atoms with E-state index in [1.807, 2.05) is 6.92 Å². The van der Waals surface area contributed by atoms with Gasteiger partial charge in [-0.15, -0.1) is 0 Å². The first kappa shape index (κ1) is 21.5. The van der Waals surface area contributed by atoms with Crippen molar-refractivity contribution < 1.29 is 28.6 Å². The zero-order valence-electron chi connectivity index (χ0n) is 17.1. The Hall–Kier alpha value is -3.16. The van der Waals surface area contributed by atoms with Gasteiger partial charge in [-0.1, -0.05) is 19.1 Å². The highest BCUT2D eigenvalue weighted by molar-refractivity contribution is 5.97. The van der Waals surface area contributed by atoms with Gasteiger partial charge in [0.1, 0.15) is 18.0 Å². The molecule has 1 aliphatic carbocycles. The molecular weight excluding hydrogens is 391 g/mol. The number of rotatable bonds is 7. The van der Waals surface area contributed by atoms with Crippen molar-refractivity contribution in [2.75, 3.05) is 7.11 Å². The van der Waals surface area contributed by atoms with E-state index in [0.717, 1.165) is 18.4 Å². The predicted octanol–water partition coefficient (Wildman–Crippen LogP) is 3.11. The average molecular weight is 416 g/mol. The van der Waals surface area contributed by atoms with E-state index >= 15 is 0 Å². The van der Waals surface area contributed by atoms with Crippen LogP contribution in [-0.4, -0.2) is 41.2 Å². The summed E-state index contributed by atoms with van der Waals surface area (Å²) in [6.07, 6.45) is 3.22. The molecule has 8 heteroatoms. The number of aromatic hydroxyl groups is 1. The predicted molar refractivity (Wildman–Crippen MR) is 107 cm³/mol. The zero-order valence-corrected chi connectivity index (χ0v) is 17.1. The monoisotopic (exact) mass is 416 g/mol. The summed E-state index contributed by atoms with van der Waals surface area (Å²) in [5.41, 5.74) is 0.323. The molecule has 30 heavy (non-hydrogen) atoms. The standard InChI is InChI=1S/C22H25FN2O5/c1-4-22(14-5-7-15(23)8-6-14)11-9-17(22)30-21(28)13(2)25-20(27)18-19(26)16(29-3)10-12-24-18/h5-8,10,12-13,17,26H,4,9,11H2,1-3H3,(H,25,27). The summed E-state index contributed by atoms with van der Waals surface area (Å²) < 4.78 is 24.0. The molecule has 1 aliphatic rings. The number of nitrogens with zero attached hydrogens (tertiary/aromatic N) is 1. The van der Waals surface area contributed by atoms with E-state index in [-0.39, 0.29) is 28.8 Å². The second-order valence-corrected chi connectivity index (χ2v) is 7.39. The number of halogens is 1. The third-order valence-corrected chi connectivity index (χ3v) is 5.80. The molecule has 1 aromatic carbocycles. The molecule has 0 aliphatic heterocycles. The van der Waals surface area contributed by atoms with Crippen LogP contribution in [0.5, 0.6) is 11.5 Å². The lowest BCUT2D eigenvalue weighted by atomic mass is 9.60. The molecule has 2 aromatic rings. The van der Waals surface area contributed by atoms with Crippen LogP contribution in [0.15, 0.2) is 36.5 Å². The number of hydrogen-bond acceptors (Lipinski definition) is 6. The minimum absolute atomic E-state index is 0.104. The lowest BCUT2D eigenvalue weighted by Gasteiger charge is -2.49. The molecule has 3 atom stereocenters. The Morgan fingerprint density at radius 3 is 2.60 bits per heavy atom. The quantitative estimate of drug-likeness (QED) is 0.673. The molecule has 0 saturated heterocycles. The largest absolute Gasteiger partial charge is 0.503 e. The van der Waals surface area contributed by atoms with E-state index in [4.69, 9.17) is 9.47 Å². The molecule has 1 aromatic heterocycles. The molecule has 1 saturated carbocycles. The molecule has 1 fully saturated rings. The lowest BCUT2D eigenvalue weighted by Crippen LogP contribution is -2.53. The van der Waals surface area contributed by atoms with Gasteiger partial charge in [-0.05, 0) is 43.9 Å². The van der Waals surface area contributed by atoms with Crippen LogP contribution in [0.4, 0.5) is 4.39 Å². The normalized spacial score (nSPS) is 21.3. The molecule has 0 radical (unpaired) electrons. The first-order valence-corrected chi connectivity index (χ1v) is 9.81. The minimum Gasteiger partial charge on any atom is -0.503 e. The summed E-state index contributed by atoms with van der Waals surface area (Å²) in [6, 6.07) is 6.72. The van der Waals surface area contributed by atoms with Crippen molar-refractivity contribution in [2.24, 2.45) is 0 Å². The van der Waals surface area contributed by atoms with Gasteiger partial charge in [-0.2, -0.15) is 0 Å². The molecule has 2 N–H and O–H groups in total. The summed E-state index contributed by atoms with van der Waals surface area (Å²) in [6.45, 7) is 3.51. The molecule has 7 nitrogen and oxygen atoms in total. The minimum atomic E-state index is -0.951. The van der Waals surface area contributed by atoms with E-state index < -0.39 is 23.7 Å². The number of pyridine rings is 1. The molecule has 1 heterocycles. The van der Waals surface area contributed by atoms with Crippen LogP contribution >= 0.6 is 0 Å². The van der Waals surface area contributed by atoms with Crippen LogP contribution in [0.2, 0.25) is 0 Å². The Morgan fingerprint density at radius 1 is 1.33 bits per heavy atom. The van der Waals surface area contributed by atoms with Gasteiger partial charge in [0.15, 0.2) is 17.2 Å². The molecule has 0 spiro atoms. The molecule has 0 bridgehead atoms. The van der Waals surface area contributed by atoms with Gasteiger partial charge >= 0.3 is 5.97 Å². The van der Waals surface area contributed by atoms with Crippen LogP contribution in [0.3, 0.4) is 0 Å². The van der Waals surface area contributed by atoms with E-state index in [2.05, 4.69) is 10.3 Å². The maximum Gasteiger partial charge on any atom is 0.328 e. The van der Waals surface area contributed by atoms with E-state index in [0.29, 0.717) is 6.42 Å². The van der Waals surface area contributed by atoms with Crippen LogP contribution in [0, 0.1) is 5.82 Å². The van der Waals surface area contributed by atoms with Gasteiger partial charge in [0.2, 0.25) is 0 Å². The fourth-order valence-electron chi connectivity index (χ4n) is 3.84. The Bertz CT molecular complexity index is 930. The molecule has 160 valence electrons. The van der Waals surface area contributed by atoms with Crippen LogP contribution in [-0.2, 0) is 14.9 Å². The maximum atomic E-state index is 13.3. The fraction of sp³-hybridized carbons (Fsp3) is 0.409. The highest BCUT2D eigenvalue weighted by Gasteiger charge is 2.49. The number of carbonyl (C=O) groups excluding carboxylic acids is 2. The van der Waals surface area contributed by atoms with Crippen molar-refractivity contribution in [1.29, 1.82) is 0 Å². The van der Waals surface area contributed by atoms with Crippen molar-refractivity contribution in [2.45, 2.75) is 50.7 Å². The number of aromatic nitrogens is 1. The van der Waals surface area contributed by atoms with Crippen molar-refractivity contribution in [3.63, 3.8) is 0 Å². The summed E-state index contributed by atoms with van der Waals surface area (Å²) in [7, 11) is 1.36. The molecular formula is C22H25FN2O5. The Kier molecular flexibility index (Phi) is 6.24. The van der Waals surface area contributed by atoms with Gasteiger partial charge in [-0.25, -0.2) is 14.2 Å². The van der Waals surface area contributed by atoms with Crippen molar-refractivity contribution in [3.05, 3.63) is 53.6 Å². The molecule has 3 unspecified atom stereocenters. The summed E-state index contributed by atoms with van der Waals surface area (Å²) >= 11 is 0. The van der Waals surface area contributed by atoms with Gasteiger partial charge in [-0.3, -0.25) is 4.79 Å². The smallest absolute Gasteiger partial charge is 0.328 e. The van der Waals surface area contributed by atoms with E-state index in [9.17, 15) is 19.1 Å². The summed E-state index contributed by atoms with van der Waals surface area (Å²) in [5, 5.41) is 12.6. The topological polar surface area (TPSA) is 97.8 Å². The highest BCUT2D eigenvalue weighted by atomic mass is 19.1. The Labute approximate surface area is 174 Å². The Balaban J connectivity index is 1.67. The van der Waals surface area contributed by atoms with Gasteiger partial charge in [0.25, 0.3) is 5.91 Å². The molecule has 3 rings (SSSR count). The van der Waals surface area contributed by atoms with Crippen LogP contribution in [0.1, 0.15) is 49.2 Å². The third kappa shape index (κ3) is 3.94. The average Bonchev–Trinajstić information content (AvgIpc) is 2.73. The number of nitrogens with one attached hydrogen (secondary N) is 1. The summed E-state index contributed by atoms with van der Waals surface area (Å²) in [4.78, 5) is 28.9. The number of esters is 1. The highest BCUT2D eigenvalue weighted by Crippen LogP contribution is 2.48. The maximum absolute atomic E-state index is 13.3. The van der Waals surface area contributed by atoms with Gasteiger partial charge in [0, 0.05) is 17.7 Å². The number of carbonyl (C=O) groups is 2. The van der Waals surface area contributed by atoms with E-state index in [1.165, 1.54) is 38.4 Å². The lowest BCUT2D eigenvalue weighted by molar-refractivity contribution is -0.163. The SMILES string of the molecule is CCC1(c2ccc(F)cc2)CCC1OC(=O)C(C)NC(=O)c1nccc(OC)c1O. The van der Waals surface area contributed by atoms with Gasteiger partial charge < -0.3 is 19.9 Å². The number of hydrogen-bond donors (Lipinski definition) is 2. The Morgan fingerprint density at radius 2 is 2.03 bits per heavy atom. The second-order valence-electron chi connectivity index (χ2n) is 7.39. The zero-order chi connectivity index (χ0) is 21.9. The van der Waals surface area contributed by atoms with E-state index in [1.54, 1.807) is 12.1 Å². The van der Waals surface area contributed by atoms with Crippen LogP contribution < -0.4 is 10.1 Å².